The molecule has 0 heterocycles. The van der Waals surface area contributed by atoms with Gasteiger partial charge in [0.05, 0.1) is 17.1 Å². The van der Waals surface area contributed by atoms with Crippen molar-refractivity contribution >= 4 is 23.3 Å². The minimum atomic E-state index is 0. The van der Waals surface area contributed by atoms with Gasteiger partial charge in [-0.05, 0) is 74.6 Å². The largest absolute Gasteiger partial charge is 0.255 e. The average Bonchev–Trinajstić information content (AvgIpc) is 2.83. The van der Waals surface area contributed by atoms with Crippen molar-refractivity contribution < 1.29 is 16.5 Å². The number of nitrogens with zero attached hydrogens (tertiary/aromatic N) is 2. The van der Waals surface area contributed by atoms with Crippen molar-refractivity contribution in [3.8, 4) is 0 Å². The van der Waals surface area contributed by atoms with E-state index in [4.69, 9.17) is 9.98 Å². The number of allylic oxidation sites excluding steroid dienone is 4. The summed E-state index contributed by atoms with van der Waals surface area (Å²) in [7, 11) is 0. The maximum absolute atomic E-state index is 5.06. The fraction of sp³-hybridized carbons (Fsp3) is 0.400. The zero-order chi connectivity index (χ0) is 22.9. The molecule has 0 bridgehead atoms. The second kappa shape index (κ2) is 18.2. The van der Waals surface area contributed by atoms with E-state index in [-0.39, 0.29) is 16.5 Å². The van der Waals surface area contributed by atoms with Gasteiger partial charge in [-0.1, -0.05) is 87.9 Å². The Balaban J connectivity index is 0.00000544. The van der Waals surface area contributed by atoms with Gasteiger partial charge in [-0.2, -0.15) is 0 Å². The predicted molar refractivity (Wildman–Crippen MR) is 143 cm³/mol. The normalized spacial score (nSPS) is 12.2. The second-order valence-electron chi connectivity index (χ2n) is 8.06. The number of hydrogen-bond donors (Lipinski definition) is 0. The molecule has 2 aromatic rings. The zero-order valence-electron chi connectivity index (χ0n) is 20.6. The molecule has 0 aliphatic rings. The molecule has 3 heteroatoms. The molecule has 0 fully saturated rings. The summed E-state index contributed by atoms with van der Waals surface area (Å²) in [6.07, 6.45) is 20.5. The number of unbranched alkanes of at least 4 members (excludes halogenated alkanes) is 1. The molecule has 0 aliphatic heterocycles. The van der Waals surface area contributed by atoms with Crippen molar-refractivity contribution in [2.45, 2.75) is 78.6 Å². The molecule has 0 unspecified atom stereocenters. The molecular formula is C30H40N2Ni. The number of aryl methyl sites for hydroxylation is 2. The fourth-order valence-electron chi connectivity index (χ4n) is 3.53. The van der Waals surface area contributed by atoms with Crippen LogP contribution in [0, 0.1) is 0 Å². The molecular weight excluding hydrogens is 447 g/mol. The third-order valence-electron chi connectivity index (χ3n) is 5.35. The smallest absolute Gasteiger partial charge is 0.0665 e. The summed E-state index contributed by atoms with van der Waals surface area (Å²) in [5, 5.41) is 0. The molecule has 0 aromatic heterocycles. The summed E-state index contributed by atoms with van der Waals surface area (Å²) in [6.45, 7) is 6.57. The first kappa shape index (κ1) is 28.8. The van der Waals surface area contributed by atoms with E-state index in [0.717, 1.165) is 74.9 Å². The van der Waals surface area contributed by atoms with E-state index in [1.165, 1.54) is 11.1 Å². The molecule has 2 rings (SSSR count). The van der Waals surface area contributed by atoms with Gasteiger partial charge in [-0.15, -0.1) is 0 Å². The Bertz CT molecular complexity index is 909. The van der Waals surface area contributed by atoms with Gasteiger partial charge in [0.1, 0.15) is 0 Å². The van der Waals surface area contributed by atoms with Crippen molar-refractivity contribution in [2.75, 3.05) is 0 Å². The first-order chi connectivity index (χ1) is 15.8. The summed E-state index contributed by atoms with van der Waals surface area (Å²) in [6, 6.07) is 17.0. The summed E-state index contributed by atoms with van der Waals surface area (Å²) in [5.74, 6) is 0. The second-order valence-corrected chi connectivity index (χ2v) is 8.06. The zero-order valence-corrected chi connectivity index (χ0v) is 21.6. The van der Waals surface area contributed by atoms with Gasteiger partial charge in [0.25, 0.3) is 0 Å². The average molecular weight is 487 g/mol. The molecule has 0 saturated heterocycles. The van der Waals surface area contributed by atoms with Gasteiger partial charge >= 0.3 is 0 Å². The number of aliphatic imine (C=N–C) groups is 2. The van der Waals surface area contributed by atoms with Gasteiger partial charge in [0.2, 0.25) is 0 Å². The predicted octanol–water partition coefficient (Wildman–Crippen LogP) is 9.15. The van der Waals surface area contributed by atoms with Crippen LogP contribution in [0.2, 0.25) is 0 Å². The van der Waals surface area contributed by atoms with Gasteiger partial charge in [-0.25, -0.2) is 0 Å². The molecule has 33 heavy (non-hydrogen) atoms. The van der Waals surface area contributed by atoms with Crippen LogP contribution in [-0.2, 0) is 29.3 Å². The van der Waals surface area contributed by atoms with Crippen molar-refractivity contribution in [1.82, 2.24) is 0 Å². The molecule has 2 nitrogen and oxygen atoms in total. The van der Waals surface area contributed by atoms with Gasteiger partial charge < -0.3 is 0 Å². The standard InChI is InChI=1S/C30H40N2.Ni/c1-4-7-10-12-18-26-20-14-16-23-29(26)31-25-28(22-9-6-3)32-30-24-17-15-21-27(30)19-13-11-8-5-2;/h7-8,10-11,14-17,20-21,23-25H,4-6,9,12-13,18-19,22H2,1-3H3;. The van der Waals surface area contributed by atoms with Gasteiger partial charge in [0, 0.05) is 22.7 Å². The monoisotopic (exact) mass is 486 g/mol. The molecule has 0 radical (unpaired) electrons. The summed E-state index contributed by atoms with van der Waals surface area (Å²) in [5.41, 5.74) is 5.79. The Morgan fingerprint density at radius 1 is 0.727 bits per heavy atom. The van der Waals surface area contributed by atoms with Crippen LogP contribution in [0.15, 0.2) is 82.8 Å². The number of rotatable bonds is 14. The maximum atomic E-state index is 5.06. The van der Waals surface area contributed by atoms with Crippen molar-refractivity contribution in [2.24, 2.45) is 9.98 Å². The Morgan fingerprint density at radius 2 is 1.27 bits per heavy atom. The van der Waals surface area contributed by atoms with Crippen LogP contribution in [0.1, 0.15) is 76.8 Å². The van der Waals surface area contributed by atoms with E-state index >= 15 is 0 Å². The van der Waals surface area contributed by atoms with Crippen LogP contribution in [0.4, 0.5) is 11.4 Å². The van der Waals surface area contributed by atoms with E-state index in [0.29, 0.717) is 0 Å². The summed E-state index contributed by atoms with van der Waals surface area (Å²) in [4.78, 5) is 9.94. The fourth-order valence-corrected chi connectivity index (χ4v) is 3.53. The van der Waals surface area contributed by atoms with E-state index in [1.54, 1.807) is 0 Å². The Labute approximate surface area is 212 Å². The van der Waals surface area contributed by atoms with E-state index in [9.17, 15) is 0 Å². The van der Waals surface area contributed by atoms with E-state index in [2.05, 4.69) is 93.6 Å². The molecule has 180 valence electrons. The third-order valence-corrected chi connectivity index (χ3v) is 5.35. The number of para-hydroxylation sites is 2. The molecule has 0 amide bonds. The third kappa shape index (κ3) is 11.4. The first-order valence-corrected chi connectivity index (χ1v) is 12.4. The quantitative estimate of drug-likeness (QED) is 0.144. The molecule has 0 aliphatic carbocycles. The van der Waals surface area contributed by atoms with Crippen LogP contribution in [-0.4, -0.2) is 11.9 Å². The number of benzene rings is 2. The number of hydrogen-bond acceptors (Lipinski definition) is 2. The molecule has 0 spiro atoms. The Morgan fingerprint density at radius 3 is 1.85 bits per heavy atom. The summed E-state index contributed by atoms with van der Waals surface area (Å²) >= 11 is 0. The molecule has 0 atom stereocenters. The van der Waals surface area contributed by atoms with E-state index in [1.807, 2.05) is 6.21 Å². The minimum absolute atomic E-state index is 0. The summed E-state index contributed by atoms with van der Waals surface area (Å²) < 4.78 is 0. The van der Waals surface area contributed by atoms with Crippen LogP contribution in [0.3, 0.4) is 0 Å². The van der Waals surface area contributed by atoms with Crippen molar-refractivity contribution in [3.05, 3.63) is 84.0 Å². The van der Waals surface area contributed by atoms with Crippen LogP contribution < -0.4 is 0 Å². The molecule has 0 saturated carbocycles. The Hall–Kier alpha value is -2.25. The van der Waals surface area contributed by atoms with Gasteiger partial charge in [-0.3, -0.25) is 9.98 Å². The van der Waals surface area contributed by atoms with Gasteiger partial charge in [0.15, 0.2) is 0 Å². The topological polar surface area (TPSA) is 24.7 Å². The van der Waals surface area contributed by atoms with Crippen LogP contribution >= 0.6 is 0 Å². The minimum Gasteiger partial charge on any atom is -0.255 e. The first-order valence-electron chi connectivity index (χ1n) is 12.4. The molecule has 0 N–H and O–H groups in total. The Kier molecular flexibility index (Phi) is 15.9. The SMILES string of the molecule is CCC=CCCc1ccccc1N=CC(CCCC)=Nc1ccccc1CCC=CCC.[Ni]. The maximum Gasteiger partial charge on any atom is 0.0665 e. The van der Waals surface area contributed by atoms with Crippen molar-refractivity contribution in [1.29, 1.82) is 0 Å². The van der Waals surface area contributed by atoms with E-state index < -0.39 is 0 Å². The molecule has 2 aromatic carbocycles. The van der Waals surface area contributed by atoms with Crippen LogP contribution in [0.25, 0.3) is 0 Å². The van der Waals surface area contributed by atoms with Crippen molar-refractivity contribution in [3.63, 3.8) is 0 Å². The van der Waals surface area contributed by atoms with Crippen LogP contribution in [0.5, 0.6) is 0 Å².